The molecule has 2 aromatic carbocycles. The largest absolute Gasteiger partial charge is 0.445 e. The van der Waals surface area contributed by atoms with E-state index in [0.717, 1.165) is 5.56 Å². The van der Waals surface area contributed by atoms with Gasteiger partial charge in [0.25, 0.3) is 0 Å². The van der Waals surface area contributed by atoms with Crippen LogP contribution in [0.3, 0.4) is 0 Å². The fraction of sp³-hybridized carbons (Fsp3) is 0.188. The zero-order valence-electron chi connectivity index (χ0n) is 11.4. The molecule has 0 fully saturated rings. The summed E-state index contributed by atoms with van der Waals surface area (Å²) >= 11 is 0. The van der Waals surface area contributed by atoms with Crippen molar-refractivity contribution < 1.29 is 19.0 Å². The van der Waals surface area contributed by atoms with E-state index in [2.05, 4.69) is 5.32 Å². The van der Waals surface area contributed by atoms with Crippen LogP contribution in [-0.4, -0.2) is 11.2 Å². The molecule has 2 N–H and O–H groups in total. The number of rotatable bonds is 5. The number of nitrogens with one attached hydrogen (secondary N) is 1. The highest BCUT2D eigenvalue weighted by molar-refractivity contribution is 5.67. The Balaban J connectivity index is 1.81. The van der Waals surface area contributed by atoms with E-state index in [4.69, 9.17) is 9.84 Å². The van der Waals surface area contributed by atoms with Gasteiger partial charge in [-0.2, -0.15) is 0 Å². The van der Waals surface area contributed by atoms with Gasteiger partial charge in [-0.05, 0) is 17.2 Å². The van der Waals surface area contributed by atoms with Gasteiger partial charge in [-0.1, -0.05) is 42.5 Å². The van der Waals surface area contributed by atoms with E-state index < -0.39 is 11.9 Å². The minimum Gasteiger partial charge on any atom is -0.445 e. The molecule has 2 aromatic rings. The summed E-state index contributed by atoms with van der Waals surface area (Å²) in [6.45, 7) is -0.0203. The first-order chi connectivity index (χ1) is 10.2. The predicted molar refractivity (Wildman–Crippen MR) is 75.8 cm³/mol. The standard InChI is InChI=1S/C16H16FNO3/c17-15-8-13(10-19)6-7-14(15)9-18-16(20)21-11-12-4-2-1-3-5-12/h1-8,19H,9-11H2,(H,18,20). The lowest BCUT2D eigenvalue weighted by Crippen LogP contribution is -2.24. The van der Waals surface area contributed by atoms with E-state index in [0.29, 0.717) is 11.1 Å². The summed E-state index contributed by atoms with van der Waals surface area (Å²) in [6, 6.07) is 13.7. The summed E-state index contributed by atoms with van der Waals surface area (Å²) in [5, 5.41) is 11.4. The molecule has 0 saturated heterocycles. The summed E-state index contributed by atoms with van der Waals surface area (Å²) in [6.07, 6.45) is -0.607. The van der Waals surface area contributed by atoms with Gasteiger partial charge in [0.1, 0.15) is 12.4 Å². The summed E-state index contributed by atoms with van der Waals surface area (Å²) < 4.78 is 18.7. The van der Waals surface area contributed by atoms with E-state index in [1.54, 1.807) is 6.07 Å². The third kappa shape index (κ3) is 4.57. The Morgan fingerprint density at radius 2 is 1.90 bits per heavy atom. The van der Waals surface area contributed by atoms with Crippen molar-refractivity contribution in [2.45, 2.75) is 19.8 Å². The smallest absolute Gasteiger partial charge is 0.407 e. The maximum Gasteiger partial charge on any atom is 0.407 e. The van der Waals surface area contributed by atoms with Crippen LogP contribution in [0.25, 0.3) is 0 Å². The molecule has 4 nitrogen and oxygen atoms in total. The molecule has 21 heavy (non-hydrogen) atoms. The number of amides is 1. The van der Waals surface area contributed by atoms with Gasteiger partial charge in [0.15, 0.2) is 0 Å². The lowest BCUT2D eigenvalue weighted by atomic mass is 10.1. The normalized spacial score (nSPS) is 10.2. The molecule has 2 rings (SSSR count). The second kappa shape index (κ2) is 7.40. The van der Waals surface area contributed by atoms with Crippen molar-refractivity contribution in [2.75, 3.05) is 0 Å². The molecule has 0 aliphatic rings. The highest BCUT2D eigenvalue weighted by Gasteiger charge is 2.07. The lowest BCUT2D eigenvalue weighted by Gasteiger charge is -2.08. The van der Waals surface area contributed by atoms with Crippen molar-refractivity contribution in [2.24, 2.45) is 0 Å². The van der Waals surface area contributed by atoms with Crippen LogP contribution < -0.4 is 5.32 Å². The fourth-order valence-corrected chi connectivity index (χ4v) is 1.77. The Labute approximate surface area is 122 Å². The second-order valence-electron chi connectivity index (χ2n) is 4.50. The Bertz CT molecular complexity index is 602. The molecule has 0 aromatic heterocycles. The number of aliphatic hydroxyl groups excluding tert-OH is 1. The van der Waals surface area contributed by atoms with Gasteiger partial charge in [-0.3, -0.25) is 0 Å². The number of alkyl carbamates (subject to hydrolysis) is 1. The van der Waals surface area contributed by atoms with Crippen molar-refractivity contribution in [3.05, 3.63) is 71.0 Å². The van der Waals surface area contributed by atoms with E-state index in [9.17, 15) is 9.18 Å². The molecular weight excluding hydrogens is 273 g/mol. The first-order valence-electron chi connectivity index (χ1n) is 6.52. The van der Waals surface area contributed by atoms with Gasteiger partial charge in [-0.25, -0.2) is 9.18 Å². The second-order valence-corrected chi connectivity index (χ2v) is 4.50. The van der Waals surface area contributed by atoms with Crippen LogP contribution in [0.4, 0.5) is 9.18 Å². The molecule has 0 saturated carbocycles. The molecular formula is C16H16FNO3. The van der Waals surface area contributed by atoms with Gasteiger partial charge in [0, 0.05) is 12.1 Å². The summed E-state index contributed by atoms with van der Waals surface area (Å²) in [4.78, 5) is 11.5. The summed E-state index contributed by atoms with van der Waals surface area (Å²) in [7, 11) is 0. The van der Waals surface area contributed by atoms with Crippen molar-refractivity contribution in [3.63, 3.8) is 0 Å². The molecule has 0 spiro atoms. The number of carbonyl (C=O) groups is 1. The lowest BCUT2D eigenvalue weighted by molar-refractivity contribution is 0.139. The van der Waals surface area contributed by atoms with E-state index in [1.165, 1.54) is 12.1 Å². The number of benzene rings is 2. The Hall–Kier alpha value is -2.40. The molecule has 0 unspecified atom stereocenters. The zero-order chi connectivity index (χ0) is 15.1. The third-order valence-electron chi connectivity index (χ3n) is 2.94. The average Bonchev–Trinajstić information content (AvgIpc) is 2.52. The van der Waals surface area contributed by atoms with Gasteiger partial charge in [0.05, 0.1) is 6.61 Å². The van der Waals surface area contributed by atoms with Gasteiger partial charge in [0.2, 0.25) is 0 Å². The molecule has 5 heteroatoms. The maximum absolute atomic E-state index is 13.6. The quantitative estimate of drug-likeness (QED) is 0.889. The van der Waals surface area contributed by atoms with Crippen LogP contribution in [0, 0.1) is 5.82 Å². The van der Waals surface area contributed by atoms with Crippen molar-refractivity contribution in [3.8, 4) is 0 Å². The van der Waals surface area contributed by atoms with Gasteiger partial charge >= 0.3 is 6.09 Å². The number of hydrogen-bond donors (Lipinski definition) is 2. The predicted octanol–water partition coefficient (Wildman–Crippen LogP) is 2.74. The zero-order valence-corrected chi connectivity index (χ0v) is 11.4. The molecule has 110 valence electrons. The fourth-order valence-electron chi connectivity index (χ4n) is 1.77. The third-order valence-corrected chi connectivity index (χ3v) is 2.94. The molecule has 0 bridgehead atoms. The van der Waals surface area contributed by atoms with Crippen LogP contribution in [0.15, 0.2) is 48.5 Å². The first-order valence-corrected chi connectivity index (χ1v) is 6.52. The summed E-state index contributed by atoms with van der Waals surface area (Å²) in [5.41, 5.74) is 1.71. The Kier molecular flexibility index (Phi) is 5.29. The number of aliphatic hydroxyl groups is 1. The maximum atomic E-state index is 13.6. The van der Waals surface area contributed by atoms with Gasteiger partial charge < -0.3 is 15.2 Å². The highest BCUT2D eigenvalue weighted by Crippen LogP contribution is 2.10. The number of ether oxygens (including phenoxy) is 1. The van der Waals surface area contributed by atoms with E-state index >= 15 is 0 Å². The van der Waals surface area contributed by atoms with Crippen molar-refractivity contribution >= 4 is 6.09 Å². The van der Waals surface area contributed by atoms with Crippen LogP contribution in [0.1, 0.15) is 16.7 Å². The monoisotopic (exact) mass is 289 g/mol. The van der Waals surface area contributed by atoms with Gasteiger partial charge in [-0.15, -0.1) is 0 Å². The average molecular weight is 289 g/mol. The topological polar surface area (TPSA) is 58.6 Å². The number of carbonyl (C=O) groups excluding carboxylic acids is 1. The van der Waals surface area contributed by atoms with Crippen molar-refractivity contribution in [1.29, 1.82) is 0 Å². The van der Waals surface area contributed by atoms with Crippen LogP contribution in [-0.2, 0) is 24.5 Å². The Morgan fingerprint density at radius 1 is 1.14 bits per heavy atom. The number of halogens is 1. The molecule has 0 radical (unpaired) electrons. The minimum absolute atomic E-state index is 0.0329. The first kappa shape index (κ1) is 15.0. The van der Waals surface area contributed by atoms with Crippen molar-refractivity contribution in [1.82, 2.24) is 5.32 Å². The van der Waals surface area contributed by atoms with Crippen LogP contribution >= 0.6 is 0 Å². The SMILES string of the molecule is O=C(NCc1ccc(CO)cc1F)OCc1ccccc1. The van der Waals surface area contributed by atoms with E-state index in [-0.39, 0.29) is 19.8 Å². The molecule has 0 atom stereocenters. The molecule has 0 aliphatic carbocycles. The minimum atomic E-state index is -0.607. The molecule has 0 heterocycles. The van der Waals surface area contributed by atoms with Crippen LogP contribution in [0.5, 0.6) is 0 Å². The molecule has 0 aliphatic heterocycles. The molecule has 1 amide bonds. The summed E-state index contributed by atoms with van der Waals surface area (Å²) in [5.74, 6) is -0.468. The highest BCUT2D eigenvalue weighted by atomic mass is 19.1. The van der Waals surface area contributed by atoms with E-state index in [1.807, 2.05) is 30.3 Å². The van der Waals surface area contributed by atoms with Crippen LogP contribution in [0.2, 0.25) is 0 Å². The number of hydrogen-bond acceptors (Lipinski definition) is 3. The Morgan fingerprint density at radius 3 is 2.57 bits per heavy atom.